The van der Waals surface area contributed by atoms with Crippen LogP contribution in [0.5, 0.6) is 0 Å². The molecule has 0 spiro atoms. The van der Waals surface area contributed by atoms with Gasteiger partial charge in [-0.05, 0) is 52.2 Å². The van der Waals surface area contributed by atoms with Crippen LogP contribution in [0.2, 0.25) is 0 Å². The van der Waals surface area contributed by atoms with Crippen molar-refractivity contribution in [3.8, 4) is 0 Å². The molecule has 0 bridgehead atoms. The van der Waals surface area contributed by atoms with E-state index in [1.54, 1.807) is 0 Å². The molecular weight excluding hydrogens is 186 g/mol. The lowest BCUT2D eigenvalue weighted by Crippen LogP contribution is -2.21. The summed E-state index contributed by atoms with van der Waals surface area (Å²) >= 11 is 0. The summed E-state index contributed by atoms with van der Waals surface area (Å²) in [6.45, 7) is 1.07. The zero-order valence-corrected chi connectivity index (χ0v) is 9.90. The lowest BCUT2D eigenvalue weighted by Gasteiger charge is -2.24. The van der Waals surface area contributed by atoms with Crippen LogP contribution in [0.25, 0.3) is 0 Å². The van der Waals surface area contributed by atoms with Crippen molar-refractivity contribution in [1.29, 1.82) is 0 Å². The van der Waals surface area contributed by atoms with E-state index in [0.29, 0.717) is 6.04 Å². The Kier molecular flexibility index (Phi) is 5.29. The zero-order chi connectivity index (χ0) is 11.1. The first-order chi connectivity index (χ1) is 7.25. The summed E-state index contributed by atoms with van der Waals surface area (Å²) in [4.78, 5) is 6.43. The Balaban J connectivity index is 2.58. The van der Waals surface area contributed by atoms with E-state index in [1.165, 1.54) is 18.4 Å². The van der Waals surface area contributed by atoms with Crippen LogP contribution in [0, 0.1) is 0 Å². The summed E-state index contributed by atoms with van der Waals surface area (Å²) in [6.07, 6.45) is 6.14. The second-order valence-electron chi connectivity index (χ2n) is 4.01. The van der Waals surface area contributed by atoms with Gasteiger partial charge in [0.1, 0.15) is 0 Å². The first-order valence-electron chi connectivity index (χ1n) is 5.46. The van der Waals surface area contributed by atoms with Gasteiger partial charge < -0.3 is 10.2 Å². The van der Waals surface area contributed by atoms with Crippen LogP contribution in [-0.4, -0.2) is 37.6 Å². The van der Waals surface area contributed by atoms with Crippen LogP contribution in [-0.2, 0) is 0 Å². The van der Waals surface area contributed by atoms with Crippen molar-refractivity contribution in [2.24, 2.45) is 0 Å². The molecule has 84 valence electrons. The number of nitrogens with zero attached hydrogens (tertiary/aromatic N) is 2. The monoisotopic (exact) mass is 207 g/mol. The number of hydrogen-bond donors (Lipinski definition) is 1. The number of nitrogens with one attached hydrogen (secondary N) is 1. The minimum absolute atomic E-state index is 0.479. The Labute approximate surface area is 92.5 Å². The molecule has 3 nitrogen and oxygen atoms in total. The standard InChI is InChI=1S/C12H21N3/c1-13-8-5-7-12(15(2)3)11-6-4-9-14-10-11/h4,6,9-10,12-13H,5,7-8H2,1-3H3. The quantitative estimate of drug-likeness (QED) is 0.719. The van der Waals surface area contributed by atoms with Crippen LogP contribution in [0.1, 0.15) is 24.4 Å². The van der Waals surface area contributed by atoms with Gasteiger partial charge in [-0.2, -0.15) is 0 Å². The maximum Gasteiger partial charge on any atom is 0.0357 e. The molecule has 0 amide bonds. The Morgan fingerprint density at radius 2 is 2.27 bits per heavy atom. The average molecular weight is 207 g/mol. The first-order valence-corrected chi connectivity index (χ1v) is 5.46. The smallest absolute Gasteiger partial charge is 0.0357 e. The fraction of sp³-hybridized carbons (Fsp3) is 0.583. The fourth-order valence-electron chi connectivity index (χ4n) is 1.77. The van der Waals surface area contributed by atoms with Gasteiger partial charge in [0.2, 0.25) is 0 Å². The molecule has 1 rings (SSSR count). The van der Waals surface area contributed by atoms with Crippen LogP contribution >= 0.6 is 0 Å². The molecule has 1 N–H and O–H groups in total. The maximum atomic E-state index is 4.17. The number of rotatable bonds is 6. The first kappa shape index (κ1) is 12.1. The van der Waals surface area contributed by atoms with E-state index in [0.717, 1.165) is 6.54 Å². The van der Waals surface area contributed by atoms with E-state index in [-0.39, 0.29) is 0 Å². The van der Waals surface area contributed by atoms with Gasteiger partial charge in [0.15, 0.2) is 0 Å². The van der Waals surface area contributed by atoms with E-state index in [4.69, 9.17) is 0 Å². The lowest BCUT2D eigenvalue weighted by atomic mass is 10.0. The van der Waals surface area contributed by atoms with E-state index >= 15 is 0 Å². The molecule has 1 aromatic heterocycles. The maximum absolute atomic E-state index is 4.17. The van der Waals surface area contributed by atoms with E-state index in [9.17, 15) is 0 Å². The van der Waals surface area contributed by atoms with Crippen molar-refractivity contribution in [2.45, 2.75) is 18.9 Å². The molecule has 3 heteroatoms. The van der Waals surface area contributed by atoms with Crippen molar-refractivity contribution >= 4 is 0 Å². The number of aromatic nitrogens is 1. The van der Waals surface area contributed by atoms with Gasteiger partial charge in [-0.15, -0.1) is 0 Å². The highest BCUT2D eigenvalue weighted by Crippen LogP contribution is 2.21. The van der Waals surface area contributed by atoms with Gasteiger partial charge in [0.05, 0.1) is 0 Å². The molecule has 1 unspecified atom stereocenters. The molecule has 1 aromatic rings. The van der Waals surface area contributed by atoms with E-state index in [2.05, 4.69) is 35.4 Å². The van der Waals surface area contributed by atoms with Gasteiger partial charge in [-0.3, -0.25) is 4.98 Å². The Morgan fingerprint density at radius 1 is 1.47 bits per heavy atom. The lowest BCUT2D eigenvalue weighted by molar-refractivity contribution is 0.278. The van der Waals surface area contributed by atoms with Crippen molar-refractivity contribution in [3.63, 3.8) is 0 Å². The third-order valence-corrected chi connectivity index (χ3v) is 2.60. The molecule has 0 radical (unpaired) electrons. The highest BCUT2D eigenvalue weighted by Gasteiger charge is 2.12. The molecule has 0 aliphatic carbocycles. The molecule has 0 fully saturated rings. The summed E-state index contributed by atoms with van der Waals surface area (Å²) in [5.41, 5.74) is 1.30. The topological polar surface area (TPSA) is 28.2 Å². The van der Waals surface area contributed by atoms with Crippen LogP contribution in [0.4, 0.5) is 0 Å². The normalized spacial score (nSPS) is 13.1. The molecular formula is C12H21N3. The van der Waals surface area contributed by atoms with Crippen LogP contribution < -0.4 is 5.32 Å². The summed E-state index contributed by atoms with van der Waals surface area (Å²) < 4.78 is 0. The summed E-state index contributed by atoms with van der Waals surface area (Å²) in [5.74, 6) is 0. The molecule has 0 aromatic carbocycles. The predicted octanol–water partition coefficient (Wildman–Crippen LogP) is 1.68. The average Bonchev–Trinajstić information content (AvgIpc) is 2.25. The van der Waals surface area contributed by atoms with Gasteiger partial charge >= 0.3 is 0 Å². The SMILES string of the molecule is CNCCCC(c1cccnc1)N(C)C. The van der Waals surface area contributed by atoms with E-state index in [1.807, 2.05) is 25.5 Å². The third kappa shape index (κ3) is 3.98. The zero-order valence-electron chi connectivity index (χ0n) is 9.90. The predicted molar refractivity (Wildman–Crippen MR) is 63.8 cm³/mol. The van der Waals surface area contributed by atoms with Gasteiger partial charge in [-0.25, -0.2) is 0 Å². The molecule has 1 atom stereocenters. The highest BCUT2D eigenvalue weighted by molar-refractivity contribution is 5.13. The molecule has 1 heterocycles. The number of hydrogen-bond acceptors (Lipinski definition) is 3. The minimum Gasteiger partial charge on any atom is -0.320 e. The summed E-state index contributed by atoms with van der Waals surface area (Å²) in [5, 5.41) is 3.18. The highest BCUT2D eigenvalue weighted by atomic mass is 15.1. The molecule has 0 aliphatic rings. The minimum atomic E-state index is 0.479. The second-order valence-corrected chi connectivity index (χ2v) is 4.01. The van der Waals surface area contributed by atoms with Gasteiger partial charge in [0, 0.05) is 18.4 Å². The van der Waals surface area contributed by atoms with Gasteiger partial charge in [0.25, 0.3) is 0 Å². The summed E-state index contributed by atoms with van der Waals surface area (Å²) in [6, 6.07) is 4.63. The van der Waals surface area contributed by atoms with Crippen LogP contribution in [0.15, 0.2) is 24.5 Å². The van der Waals surface area contributed by atoms with Crippen LogP contribution in [0.3, 0.4) is 0 Å². The molecule has 0 aliphatic heterocycles. The summed E-state index contributed by atoms with van der Waals surface area (Å²) in [7, 11) is 6.24. The van der Waals surface area contributed by atoms with Gasteiger partial charge in [-0.1, -0.05) is 6.07 Å². The largest absolute Gasteiger partial charge is 0.320 e. The molecule has 0 saturated heterocycles. The third-order valence-electron chi connectivity index (χ3n) is 2.60. The van der Waals surface area contributed by atoms with Crippen molar-refractivity contribution in [3.05, 3.63) is 30.1 Å². The molecule has 0 saturated carbocycles. The second kappa shape index (κ2) is 6.53. The Hall–Kier alpha value is -0.930. The van der Waals surface area contributed by atoms with Crippen molar-refractivity contribution in [1.82, 2.24) is 15.2 Å². The Morgan fingerprint density at radius 3 is 2.80 bits per heavy atom. The fourth-order valence-corrected chi connectivity index (χ4v) is 1.77. The Bertz CT molecular complexity index is 259. The van der Waals surface area contributed by atoms with Crippen molar-refractivity contribution in [2.75, 3.05) is 27.7 Å². The van der Waals surface area contributed by atoms with Crippen molar-refractivity contribution < 1.29 is 0 Å². The number of pyridine rings is 1. The van der Waals surface area contributed by atoms with E-state index < -0.39 is 0 Å². The molecule has 15 heavy (non-hydrogen) atoms.